The number of allylic oxidation sites excluding steroid dienone is 1. The highest BCUT2D eigenvalue weighted by Crippen LogP contribution is 2.16. The molecule has 0 unspecified atom stereocenters. The summed E-state index contributed by atoms with van der Waals surface area (Å²) in [4.78, 5) is 0. The molecule has 1 atom stereocenters. The van der Waals surface area contributed by atoms with E-state index in [0.29, 0.717) is 6.42 Å². The molecule has 0 heterocycles. The van der Waals surface area contributed by atoms with E-state index in [2.05, 4.69) is 6.58 Å². The Labute approximate surface area is 78.3 Å². The first kappa shape index (κ1) is 9.84. The Hall–Kier alpha value is -1.25. The zero-order valence-corrected chi connectivity index (χ0v) is 7.20. The van der Waals surface area contributed by atoms with Crippen LogP contribution in [0.3, 0.4) is 0 Å². The van der Waals surface area contributed by atoms with Crippen LogP contribution < -0.4 is 0 Å². The number of hydrogen-bond acceptors (Lipinski definition) is 1. The number of halogens is 1. The van der Waals surface area contributed by atoms with Gasteiger partial charge >= 0.3 is 0 Å². The highest BCUT2D eigenvalue weighted by atomic mass is 19.1. The van der Waals surface area contributed by atoms with Crippen molar-refractivity contribution in [2.45, 2.75) is 12.2 Å². The van der Waals surface area contributed by atoms with Gasteiger partial charge in [-0.2, -0.15) is 0 Å². The molecule has 1 aromatic rings. The van der Waals surface area contributed by atoms with E-state index in [1.165, 1.54) is 12.1 Å². The van der Waals surface area contributed by atoms with E-state index in [4.69, 9.17) is 13.0 Å². The average molecular weight is 176 g/mol. The third kappa shape index (κ3) is 2.94. The highest BCUT2D eigenvalue weighted by Gasteiger charge is 2.05. The lowest BCUT2D eigenvalue weighted by molar-refractivity contribution is 0.391. The number of benzene rings is 1. The van der Waals surface area contributed by atoms with E-state index in [-0.39, 0.29) is 11.6 Å². The Morgan fingerprint density at radius 3 is 2.46 bits per heavy atom. The smallest absolute Gasteiger partial charge is 0.123 e. The van der Waals surface area contributed by atoms with Crippen LogP contribution in [0.15, 0.2) is 36.6 Å². The van der Waals surface area contributed by atoms with Crippen molar-refractivity contribution in [2.24, 2.45) is 0 Å². The van der Waals surface area contributed by atoms with E-state index in [1.54, 1.807) is 12.1 Å². The van der Waals surface area contributed by atoms with Crippen molar-refractivity contribution >= 4 is 7.85 Å². The maximum Gasteiger partial charge on any atom is 0.123 e. The molecular formula is C10H10BFO. The van der Waals surface area contributed by atoms with Crippen molar-refractivity contribution in [3.05, 3.63) is 48.0 Å². The van der Waals surface area contributed by atoms with E-state index >= 15 is 0 Å². The molecule has 0 amide bonds. The summed E-state index contributed by atoms with van der Waals surface area (Å²) in [7, 11) is 5.54. The fourth-order valence-electron chi connectivity index (χ4n) is 0.992. The molecule has 1 rings (SSSR count). The van der Waals surface area contributed by atoms with Crippen LogP contribution in [0.4, 0.5) is 4.39 Å². The minimum atomic E-state index is -0.481. The van der Waals surface area contributed by atoms with Gasteiger partial charge in [0.1, 0.15) is 5.82 Å². The van der Waals surface area contributed by atoms with Gasteiger partial charge in [0.2, 0.25) is 0 Å². The molecule has 13 heavy (non-hydrogen) atoms. The number of aliphatic hydroxyl groups excluding tert-OH is 1. The molecule has 1 aromatic carbocycles. The maximum absolute atomic E-state index is 12.5. The van der Waals surface area contributed by atoms with Crippen LogP contribution >= 0.6 is 0 Å². The second-order valence-corrected chi connectivity index (χ2v) is 2.93. The summed E-state index contributed by atoms with van der Waals surface area (Å²) in [5, 5.41) is 8.94. The van der Waals surface area contributed by atoms with Gasteiger partial charge in [-0.05, 0) is 29.9 Å². The molecule has 0 saturated carbocycles. The lowest BCUT2D eigenvalue weighted by atomic mass is 9.81. The van der Waals surface area contributed by atoms with Gasteiger partial charge in [0.25, 0.3) is 0 Å². The Balaban J connectivity index is 2.64. The van der Waals surface area contributed by atoms with Crippen LogP contribution in [0.1, 0.15) is 5.56 Å². The quantitative estimate of drug-likeness (QED) is 0.553. The molecule has 3 heteroatoms. The van der Waals surface area contributed by atoms with Crippen LogP contribution in [-0.2, 0) is 6.42 Å². The second kappa shape index (κ2) is 4.12. The third-order valence-corrected chi connectivity index (χ3v) is 1.80. The van der Waals surface area contributed by atoms with Gasteiger partial charge in [0.15, 0.2) is 0 Å². The summed E-state index contributed by atoms with van der Waals surface area (Å²) in [6.07, 6.45) is 0.468. The predicted octanol–water partition coefficient (Wildman–Crippen LogP) is 2.40. The van der Waals surface area contributed by atoms with Gasteiger partial charge in [-0.3, -0.25) is 0 Å². The van der Waals surface area contributed by atoms with Gasteiger partial charge < -0.3 is 5.11 Å². The molecule has 0 aliphatic carbocycles. The molecule has 2 radical (unpaired) electrons. The monoisotopic (exact) mass is 176 g/mol. The van der Waals surface area contributed by atoms with Crippen molar-refractivity contribution in [1.29, 1.82) is 0 Å². The summed E-state index contributed by atoms with van der Waals surface area (Å²) < 4.78 is 12.5. The zero-order chi connectivity index (χ0) is 9.84. The standard InChI is InChI=1S/C10H10BFO/c1-7(13)10(11)6-8-2-4-9(12)5-3-8/h2-5,10,13H,1,6H2/t10-/m1/s1. The van der Waals surface area contributed by atoms with Crippen molar-refractivity contribution in [3.8, 4) is 0 Å². The summed E-state index contributed by atoms with van der Waals surface area (Å²) in [5.41, 5.74) is 0.879. The van der Waals surface area contributed by atoms with Crippen molar-refractivity contribution in [3.63, 3.8) is 0 Å². The second-order valence-electron chi connectivity index (χ2n) is 2.93. The molecule has 0 fully saturated rings. The molecule has 0 spiro atoms. The maximum atomic E-state index is 12.5. The molecule has 0 saturated heterocycles. The van der Waals surface area contributed by atoms with E-state index in [1.807, 2.05) is 0 Å². The third-order valence-electron chi connectivity index (χ3n) is 1.80. The van der Waals surface area contributed by atoms with Crippen molar-refractivity contribution in [1.82, 2.24) is 0 Å². The largest absolute Gasteiger partial charge is 0.513 e. The van der Waals surface area contributed by atoms with E-state index < -0.39 is 5.82 Å². The zero-order valence-electron chi connectivity index (χ0n) is 7.20. The first-order valence-corrected chi connectivity index (χ1v) is 3.97. The van der Waals surface area contributed by atoms with Crippen LogP contribution in [0.5, 0.6) is 0 Å². The van der Waals surface area contributed by atoms with E-state index in [9.17, 15) is 4.39 Å². The minimum Gasteiger partial charge on any atom is -0.513 e. The molecule has 0 aliphatic heterocycles. The predicted molar refractivity (Wildman–Crippen MR) is 51.4 cm³/mol. The topological polar surface area (TPSA) is 20.2 Å². The summed E-state index contributed by atoms with van der Waals surface area (Å²) >= 11 is 0. The van der Waals surface area contributed by atoms with Gasteiger partial charge in [-0.1, -0.05) is 18.7 Å². The highest BCUT2D eigenvalue weighted by molar-refractivity contribution is 6.13. The lowest BCUT2D eigenvalue weighted by Crippen LogP contribution is -1.99. The molecule has 0 aliphatic rings. The normalized spacial score (nSPS) is 12.4. The van der Waals surface area contributed by atoms with Crippen molar-refractivity contribution < 1.29 is 9.50 Å². The molecule has 1 nitrogen and oxygen atoms in total. The Morgan fingerprint density at radius 2 is 2.00 bits per heavy atom. The van der Waals surface area contributed by atoms with Crippen molar-refractivity contribution in [2.75, 3.05) is 0 Å². The Kier molecular flexibility index (Phi) is 3.12. The number of hydrogen-bond donors (Lipinski definition) is 1. The molecule has 0 bridgehead atoms. The van der Waals surface area contributed by atoms with Crippen LogP contribution in [0.2, 0.25) is 5.82 Å². The lowest BCUT2D eigenvalue weighted by Gasteiger charge is -2.09. The first-order chi connectivity index (χ1) is 6.09. The summed E-state index contributed by atoms with van der Waals surface area (Å²) in [6, 6.07) is 6.00. The summed E-state index contributed by atoms with van der Waals surface area (Å²) in [5.74, 6) is -0.810. The number of rotatable bonds is 3. The van der Waals surface area contributed by atoms with Crippen LogP contribution in [0.25, 0.3) is 0 Å². The molecule has 0 aromatic heterocycles. The first-order valence-electron chi connectivity index (χ1n) is 3.97. The van der Waals surface area contributed by atoms with E-state index in [0.717, 1.165) is 5.56 Å². The van der Waals surface area contributed by atoms with Gasteiger partial charge in [-0.15, -0.1) is 0 Å². The number of aliphatic hydroxyl groups is 1. The SMILES string of the molecule is [B][C@H](Cc1ccc(F)cc1)C(=C)O. The fourth-order valence-corrected chi connectivity index (χ4v) is 0.992. The minimum absolute atomic E-state index is 0.0516. The van der Waals surface area contributed by atoms with Crippen LogP contribution in [0, 0.1) is 5.82 Å². The van der Waals surface area contributed by atoms with Crippen LogP contribution in [-0.4, -0.2) is 13.0 Å². The van der Waals surface area contributed by atoms with Gasteiger partial charge in [0.05, 0.1) is 13.6 Å². The van der Waals surface area contributed by atoms with Gasteiger partial charge in [-0.25, -0.2) is 4.39 Å². The van der Waals surface area contributed by atoms with Gasteiger partial charge in [0, 0.05) is 0 Å². The average Bonchev–Trinajstić information content (AvgIpc) is 2.08. The Bertz CT molecular complexity index is 294. The molecular weight excluding hydrogens is 166 g/mol. The Morgan fingerprint density at radius 1 is 1.46 bits per heavy atom. The fraction of sp³-hybridized carbons (Fsp3) is 0.200. The molecule has 1 N–H and O–H groups in total. The summed E-state index contributed by atoms with van der Waals surface area (Å²) in [6.45, 7) is 3.33. The molecule has 66 valence electrons.